The standard InChI is InChI=1S/C20H26N2S/c1-14(2)12-19(17-8-6-5-7-9-17)22-20(23)21-18-13-15(3)10-11-16(18)4/h5-11,13-14,19H,12H2,1-4H3,(H2,21,22,23)/t19-/m0/s1. The van der Waals surface area contributed by atoms with Crippen LogP contribution >= 0.6 is 12.2 Å². The number of rotatable bonds is 5. The quantitative estimate of drug-likeness (QED) is 0.722. The zero-order valence-corrected chi connectivity index (χ0v) is 15.2. The van der Waals surface area contributed by atoms with Crippen LogP contribution in [-0.2, 0) is 0 Å². The Morgan fingerprint density at radius 2 is 1.74 bits per heavy atom. The summed E-state index contributed by atoms with van der Waals surface area (Å²) in [6.45, 7) is 8.65. The van der Waals surface area contributed by atoms with Crippen LogP contribution in [0, 0.1) is 19.8 Å². The maximum Gasteiger partial charge on any atom is 0.171 e. The van der Waals surface area contributed by atoms with Gasteiger partial charge in [-0.05, 0) is 61.2 Å². The molecule has 0 bridgehead atoms. The summed E-state index contributed by atoms with van der Waals surface area (Å²) in [5, 5.41) is 7.50. The zero-order valence-electron chi connectivity index (χ0n) is 14.4. The third-order valence-electron chi connectivity index (χ3n) is 3.86. The van der Waals surface area contributed by atoms with E-state index in [-0.39, 0.29) is 6.04 Å². The Morgan fingerprint density at radius 1 is 1.04 bits per heavy atom. The molecule has 0 radical (unpaired) electrons. The summed E-state index contributed by atoms with van der Waals surface area (Å²) in [6.07, 6.45) is 1.04. The van der Waals surface area contributed by atoms with Crippen LogP contribution in [0.3, 0.4) is 0 Å². The van der Waals surface area contributed by atoms with Crippen molar-refractivity contribution in [3.05, 3.63) is 65.2 Å². The molecule has 0 spiro atoms. The van der Waals surface area contributed by atoms with E-state index in [1.54, 1.807) is 0 Å². The zero-order chi connectivity index (χ0) is 16.8. The van der Waals surface area contributed by atoms with Gasteiger partial charge in [0.2, 0.25) is 0 Å². The highest BCUT2D eigenvalue weighted by molar-refractivity contribution is 7.80. The van der Waals surface area contributed by atoms with Gasteiger partial charge in [0.15, 0.2) is 5.11 Å². The van der Waals surface area contributed by atoms with E-state index >= 15 is 0 Å². The van der Waals surface area contributed by atoms with Crippen molar-refractivity contribution in [3.8, 4) is 0 Å². The minimum Gasteiger partial charge on any atom is -0.356 e. The molecule has 0 aliphatic rings. The Kier molecular flexibility index (Phi) is 6.17. The second-order valence-electron chi connectivity index (χ2n) is 6.51. The number of anilines is 1. The molecule has 2 rings (SSSR count). The van der Waals surface area contributed by atoms with Crippen LogP contribution in [0.2, 0.25) is 0 Å². The third-order valence-corrected chi connectivity index (χ3v) is 4.08. The molecule has 1 atom stereocenters. The van der Waals surface area contributed by atoms with Crippen molar-refractivity contribution in [2.45, 2.75) is 40.2 Å². The van der Waals surface area contributed by atoms with E-state index in [4.69, 9.17) is 12.2 Å². The summed E-state index contributed by atoms with van der Waals surface area (Å²) in [5.74, 6) is 0.594. The number of aryl methyl sites for hydroxylation is 2. The van der Waals surface area contributed by atoms with Crippen molar-refractivity contribution in [2.75, 3.05) is 5.32 Å². The second-order valence-corrected chi connectivity index (χ2v) is 6.92. The summed E-state index contributed by atoms with van der Waals surface area (Å²) < 4.78 is 0. The van der Waals surface area contributed by atoms with Crippen LogP contribution in [0.25, 0.3) is 0 Å². The molecule has 122 valence electrons. The first-order valence-corrected chi connectivity index (χ1v) is 8.56. The molecule has 2 N–H and O–H groups in total. The minimum absolute atomic E-state index is 0.223. The maximum atomic E-state index is 5.55. The van der Waals surface area contributed by atoms with Crippen LogP contribution in [-0.4, -0.2) is 5.11 Å². The van der Waals surface area contributed by atoms with E-state index in [2.05, 4.69) is 80.8 Å². The molecule has 0 saturated carbocycles. The van der Waals surface area contributed by atoms with Gasteiger partial charge in [0.1, 0.15) is 0 Å². The highest BCUT2D eigenvalue weighted by Gasteiger charge is 2.14. The predicted octanol–water partition coefficient (Wildman–Crippen LogP) is 5.38. The molecule has 23 heavy (non-hydrogen) atoms. The van der Waals surface area contributed by atoms with Crippen molar-refractivity contribution in [1.82, 2.24) is 5.32 Å². The fourth-order valence-corrected chi connectivity index (χ4v) is 2.87. The van der Waals surface area contributed by atoms with E-state index in [1.165, 1.54) is 16.7 Å². The van der Waals surface area contributed by atoms with Gasteiger partial charge in [-0.25, -0.2) is 0 Å². The van der Waals surface area contributed by atoms with Gasteiger partial charge in [-0.2, -0.15) is 0 Å². The number of thiocarbonyl (C=S) groups is 1. The normalized spacial score (nSPS) is 12.0. The lowest BCUT2D eigenvalue weighted by atomic mass is 9.97. The van der Waals surface area contributed by atoms with Crippen molar-refractivity contribution in [3.63, 3.8) is 0 Å². The number of hydrogen-bond donors (Lipinski definition) is 2. The molecule has 0 unspecified atom stereocenters. The first kappa shape index (κ1) is 17.5. The van der Waals surface area contributed by atoms with Crippen LogP contribution in [0.5, 0.6) is 0 Å². The fraction of sp³-hybridized carbons (Fsp3) is 0.350. The molecule has 0 saturated heterocycles. The molecule has 0 fully saturated rings. The van der Waals surface area contributed by atoms with Gasteiger partial charge >= 0.3 is 0 Å². The van der Waals surface area contributed by atoms with Gasteiger partial charge in [-0.1, -0.05) is 56.3 Å². The number of benzene rings is 2. The molecule has 3 heteroatoms. The van der Waals surface area contributed by atoms with Crippen molar-refractivity contribution >= 4 is 23.0 Å². The average Bonchev–Trinajstić information content (AvgIpc) is 2.51. The lowest BCUT2D eigenvalue weighted by Gasteiger charge is -2.23. The SMILES string of the molecule is Cc1ccc(C)c(NC(=S)N[C@@H](CC(C)C)c2ccccc2)c1. The molecule has 0 aliphatic heterocycles. The van der Waals surface area contributed by atoms with Crippen LogP contribution < -0.4 is 10.6 Å². The van der Waals surface area contributed by atoms with Gasteiger partial charge < -0.3 is 10.6 Å². The van der Waals surface area contributed by atoms with E-state index in [0.29, 0.717) is 11.0 Å². The molecule has 0 aromatic heterocycles. The lowest BCUT2D eigenvalue weighted by molar-refractivity contribution is 0.481. The molecule has 2 aromatic carbocycles. The van der Waals surface area contributed by atoms with E-state index in [9.17, 15) is 0 Å². The van der Waals surface area contributed by atoms with E-state index in [1.807, 2.05) is 6.07 Å². The first-order chi connectivity index (χ1) is 11.0. The van der Waals surface area contributed by atoms with E-state index in [0.717, 1.165) is 12.1 Å². The Bertz CT molecular complexity index is 650. The van der Waals surface area contributed by atoms with Gasteiger partial charge in [-0.3, -0.25) is 0 Å². The Hall–Kier alpha value is -1.87. The highest BCUT2D eigenvalue weighted by Crippen LogP contribution is 2.22. The summed E-state index contributed by atoms with van der Waals surface area (Å²) in [6, 6.07) is 17.1. The van der Waals surface area contributed by atoms with Gasteiger partial charge in [-0.15, -0.1) is 0 Å². The summed E-state index contributed by atoms with van der Waals surface area (Å²) in [5.41, 5.74) is 4.76. The van der Waals surface area contributed by atoms with E-state index < -0.39 is 0 Å². The lowest BCUT2D eigenvalue weighted by Crippen LogP contribution is -2.33. The predicted molar refractivity (Wildman–Crippen MR) is 104 cm³/mol. The van der Waals surface area contributed by atoms with Gasteiger partial charge in [0.25, 0.3) is 0 Å². The number of nitrogens with one attached hydrogen (secondary N) is 2. The Labute approximate surface area is 145 Å². The van der Waals surface area contributed by atoms with Gasteiger partial charge in [0.05, 0.1) is 6.04 Å². The summed E-state index contributed by atoms with van der Waals surface area (Å²) >= 11 is 5.55. The third kappa shape index (κ3) is 5.36. The van der Waals surface area contributed by atoms with Crippen molar-refractivity contribution < 1.29 is 0 Å². The minimum atomic E-state index is 0.223. The highest BCUT2D eigenvalue weighted by atomic mass is 32.1. The molecule has 0 heterocycles. The molecule has 2 nitrogen and oxygen atoms in total. The van der Waals surface area contributed by atoms with Crippen LogP contribution in [0.1, 0.15) is 43.0 Å². The topological polar surface area (TPSA) is 24.1 Å². The van der Waals surface area contributed by atoms with Crippen LogP contribution in [0.15, 0.2) is 48.5 Å². The Balaban J connectivity index is 2.10. The molecule has 0 aliphatic carbocycles. The van der Waals surface area contributed by atoms with Crippen LogP contribution in [0.4, 0.5) is 5.69 Å². The molecular formula is C20H26N2S. The number of hydrogen-bond acceptors (Lipinski definition) is 1. The second kappa shape index (κ2) is 8.11. The van der Waals surface area contributed by atoms with Crippen molar-refractivity contribution in [2.24, 2.45) is 5.92 Å². The fourth-order valence-electron chi connectivity index (χ4n) is 2.62. The molecule has 2 aromatic rings. The summed E-state index contributed by atoms with van der Waals surface area (Å²) in [4.78, 5) is 0. The Morgan fingerprint density at radius 3 is 2.39 bits per heavy atom. The summed E-state index contributed by atoms with van der Waals surface area (Å²) in [7, 11) is 0. The van der Waals surface area contributed by atoms with Gasteiger partial charge in [0, 0.05) is 5.69 Å². The average molecular weight is 327 g/mol. The smallest absolute Gasteiger partial charge is 0.171 e. The molecular weight excluding hydrogens is 300 g/mol. The monoisotopic (exact) mass is 326 g/mol. The maximum absolute atomic E-state index is 5.55. The molecule has 0 amide bonds. The largest absolute Gasteiger partial charge is 0.356 e. The van der Waals surface area contributed by atoms with Crippen molar-refractivity contribution in [1.29, 1.82) is 0 Å². The first-order valence-electron chi connectivity index (χ1n) is 8.15.